The highest BCUT2D eigenvalue weighted by atomic mass is 32.2. The zero-order valence-corrected chi connectivity index (χ0v) is 25.4. The van der Waals surface area contributed by atoms with E-state index in [1.807, 2.05) is 24.3 Å². The normalized spacial score (nSPS) is 21.0. The van der Waals surface area contributed by atoms with Gasteiger partial charge in [0.25, 0.3) is 11.8 Å². The van der Waals surface area contributed by atoms with Crippen molar-refractivity contribution < 1.29 is 29.3 Å². The molecule has 12 heteroatoms. The van der Waals surface area contributed by atoms with Crippen molar-refractivity contribution >= 4 is 29.3 Å². The van der Waals surface area contributed by atoms with Crippen molar-refractivity contribution in [3.63, 3.8) is 0 Å². The molecule has 0 spiro atoms. The number of phenolic OH excluding ortho intramolecular Hbond substituents is 1. The van der Waals surface area contributed by atoms with Crippen LogP contribution in [0.4, 0.5) is 5.69 Å². The molecule has 1 saturated heterocycles. The van der Waals surface area contributed by atoms with Gasteiger partial charge in [0.1, 0.15) is 5.75 Å². The van der Waals surface area contributed by atoms with E-state index in [4.69, 9.17) is 9.47 Å². The molecule has 2 aliphatic heterocycles. The molecule has 1 aromatic heterocycles. The number of hydrogen-bond acceptors (Lipinski definition) is 10. The second kappa shape index (κ2) is 12.5. The molecule has 4 unspecified atom stereocenters. The SMILES string of the molecule is CC1C(CSc2nnnn2-c2ccc(O)cc2)OC(c2ccc(N3C(=O)c4ccccc4C3=O)cc2)OC1c1ccc(CO)cc1. The van der Waals surface area contributed by atoms with Crippen LogP contribution >= 0.6 is 11.8 Å². The van der Waals surface area contributed by atoms with Gasteiger partial charge in [-0.15, -0.1) is 5.10 Å². The number of carbonyl (C=O) groups excluding carboxylic acids is 2. The molecule has 4 atom stereocenters. The van der Waals surface area contributed by atoms with Gasteiger partial charge in [-0.1, -0.05) is 67.2 Å². The first kappa shape index (κ1) is 29.8. The largest absolute Gasteiger partial charge is 0.508 e. The molecule has 0 aliphatic carbocycles. The van der Waals surface area contributed by atoms with Gasteiger partial charge in [-0.2, -0.15) is 4.68 Å². The Hall–Kier alpha value is -4.88. The third kappa shape index (κ3) is 5.56. The molecular formula is C34H29N5O6S. The summed E-state index contributed by atoms with van der Waals surface area (Å²) in [5.74, 6) is -0.121. The van der Waals surface area contributed by atoms with Crippen molar-refractivity contribution in [2.75, 3.05) is 10.7 Å². The topological polar surface area (TPSA) is 140 Å². The lowest BCUT2D eigenvalue weighted by Gasteiger charge is -2.41. The van der Waals surface area contributed by atoms with Crippen molar-refractivity contribution in [2.45, 2.75) is 37.2 Å². The van der Waals surface area contributed by atoms with E-state index in [9.17, 15) is 19.8 Å². The number of ether oxygens (including phenoxy) is 2. The van der Waals surface area contributed by atoms with Crippen LogP contribution in [0.5, 0.6) is 5.75 Å². The predicted octanol–water partition coefficient (Wildman–Crippen LogP) is 5.24. The average Bonchev–Trinajstić information content (AvgIpc) is 3.66. The van der Waals surface area contributed by atoms with Crippen LogP contribution in [0.2, 0.25) is 0 Å². The third-order valence-electron chi connectivity index (χ3n) is 8.25. The number of rotatable bonds is 8. The zero-order chi connectivity index (χ0) is 31.8. The summed E-state index contributed by atoms with van der Waals surface area (Å²) in [6.45, 7) is 2.02. The van der Waals surface area contributed by atoms with Gasteiger partial charge in [-0.3, -0.25) is 9.59 Å². The second-order valence-corrected chi connectivity index (χ2v) is 12.1. The van der Waals surface area contributed by atoms with Gasteiger partial charge in [0.2, 0.25) is 5.16 Å². The molecular weight excluding hydrogens is 606 g/mol. The van der Waals surface area contributed by atoms with Crippen molar-refractivity contribution in [2.24, 2.45) is 5.92 Å². The quantitative estimate of drug-likeness (QED) is 0.172. The summed E-state index contributed by atoms with van der Waals surface area (Å²) in [5, 5.41) is 32.0. The molecule has 7 rings (SSSR count). The first-order chi connectivity index (χ1) is 22.4. The summed E-state index contributed by atoms with van der Waals surface area (Å²) in [7, 11) is 0. The Kier molecular flexibility index (Phi) is 8.09. The van der Waals surface area contributed by atoms with Gasteiger partial charge in [0, 0.05) is 17.2 Å². The number of aliphatic hydroxyl groups excluding tert-OH is 1. The Morgan fingerprint density at radius 2 is 1.43 bits per heavy atom. The Morgan fingerprint density at radius 1 is 0.804 bits per heavy atom. The summed E-state index contributed by atoms with van der Waals surface area (Å²) >= 11 is 1.45. The van der Waals surface area contributed by atoms with E-state index in [-0.39, 0.29) is 42.3 Å². The summed E-state index contributed by atoms with van der Waals surface area (Å²) in [6, 6.07) is 28.1. The number of hydrogen-bond donors (Lipinski definition) is 2. The Morgan fingerprint density at radius 3 is 2.09 bits per heavy atom. The lowest BCUT2D eigenvalue weighted by atomic mass is 9.91. The van der Waals surface area contributed by atoms with E-state index < -0.39 is 6.29 Å². The van der Waals surface area contributed by atoms with Crippen molar-refractivity contribution in [1.82, 2.24) is 20.2 Å². The smallest absolute Gasteiger partial charge is 0.266 e. The van der Waals surface area contributed by atoms with Crippen LogP contribution in [-0.4, -0.2) is 54.1 Å². The molecule has 2 amide bonds. The number of aliphatic hydroxyl groups is 1. The molecule has 46 heavy (non-hydrogen) atoms. The molecule has 4 aromatic carbocycles. The minimum absolute atomic E-state index is 0.0540. The van der Waals surface area contributed by atoms with Crippen LogP contribution in [0, 0.1) is 5.92 Å². The van der Waals surface area contributed by atoms with Crippen molar-refractivity contribution in [1.29, 1.82) is 0 Å². The van der Waals surface area contributed by atoms with Gasteiger partial charge in [-0.25, -0.2) is 4.90 Å². The molecule has 0 radical (unpaired) electrons. The van der Waals surface area contributed by atoms with Crippen LogP contribution in [0.25, 0.3) is 5.69 Å². The minimum Gasteiger partial charge on any atom is -0.508 e. The van der Waals surface area contributed by atoms with Crippen molar-refractivity contribution in [3.8, 4) is 11.4 Å². The number of tetrazole rings is 1. The monoisotopic (exact) mass is 635 g/mol. The van der Waals surface area contributed by atoms with Crippen LogP contribution < -0.4 is 4.90 Å². The number of phenols is 1. The molecule has 3 heterocycles. The standard InChI is InChI=1S/C34H29N5O6S/c1-20-29(19-46-34-35-36-37-39(34)25-14-16-26(41)17-15-25)44-33(45-30(20)22-8-6-21(18-40)7-9-22)23-10-12-24(13-11-23)38-31(42)27-4-2-3-5-28(27)32(38)43/h2-17,20,29-30,33,40-41H,18-19H2,1H3. The maximum Gasteiger partial charge on any atom is 0.266 e. The van der Waals surface area contributed by atoms with Crippen LogP contribution in [0.1, 0.15) is 56.7 Å². The predicted molar refractivity (Wildman–Crippen MR) is 169 cm³/mol. The second-order valence-electron chi connectivity index (χ2n) is 11.1. The molecule has 1 fully saturated rings. The van der Waals surface area contributed by atoms with E-state index in [0.717, 1.165) is 16.7 Å². The lowest BCUT2D eigenvalue weighted by Crippen LogP contribution is -2.38. The Bertz CT molecular complexity index is 1840. The molecule has 5 aromatic rings. The third-order valence-corrected chi connectivity index (χ3v) is 9.26. The minimum atomic E-state index is -0.742. The van der Waals surface area contributed by atoms with Gasteiger partial charge in [0.05, 0.1) is 41.3 Å². The molecule has 11 nitrogen and oxygen atoms in total. The van der Waals surface area contributed by atoms with Gasteiger partial charge in [-0.05, 0) is 70.1 Å². The fourth-order valence-corrected chi connectivity index (χ4v) is 6.75. The summed E-state index contributed by atoms with van der Waals surface area (Å²) < 4.78 is 14.7. The summed E-state index contributed by atoms with van der Waals surface area (Å²) in [5.41, 5.74) is 4.43. The highest BCUT2D eigenvalue weighted by Gasteiger charge is 2.40. The Labute approximate surface area is 268 Å². The van der Waals surface area contributed by atoms with Crippen LogP contribution in [0.15, 0.2) is 102 Å². The molecule has 232 valence electrons. The number of aromatic nitrogens is 4. The Balaban J connectivity index is 1.14. The van der Waals surface area contributed by atoms with Gasteiger partial charge < -0.3 is 19.7 Å². The molecule has 0 bridgehead atoms. The summed E-state index contributed by atoms with van der Waals surface area (Å²) in [4.78, 5) is 27.2. The average molecular weight is 636 g/mol. The highest BCUT2D eigenvalue weighted by Crippen LogP contribution is 2.43. The molecule has 2 N–H and O–H groups in total. The number of carbonyl (C=O) groups is 2. The van der Waals surface area contributed by atoms with Crippen LogP contribution in [0.3, 0.4) is 0 Å². The number of thioether (sulfide) groups is 1. The fraction of sp³-hybridized carbons (Fsp3) is 0.206. The number of benzene rings is 4. The number of amides is 2. The van der Waals surface area contributed by atoms with E-state index in [0.29, 0.717) is 33.4 Å². The maximum atomic E-state index is 13.0. The number of imide groups is 1. The first-order valence-electron chi connectivity index (χ1n) is 14.7. The summed E-state index contributed by atoms with van der Waals surface area (Å²) in [6.07, 6.45) is -1.36. The molecule has 0 saturated carbocycles. The van der Waals surface area contributed by atoms with E-state index >= 15 is 0 Å². The number of aromatic hydroxyl groups is 1. The van der Waals surface area contributed by atoms with E-state index in [1.165, 1.54) is 16.7 Å². The first-order valence-corrected chi connectivity index (χ1v) is 15.7. The zero-order valence-electron chi connectivity index (χ0n) is 24.6. The van der Waals surface area contributed by atoms with E-state index in [2.05, 4.69) is 22.4 Å². The lowest BCUT2D eigenvalue weighted by molar-refractivity contribution is -0.268. The van der Waals surface area contributed by atoms with Crippen LogP contribution in [-0.2, 0) is 16.1 Å². The van der Waals surface area contributed by atoms with Crippen molar-refractivity contribution in [3.05, 3.63) is 125 Å². The fourth-order valence-electron chi connectivity index (χ4n) is 5.70. The van der Waals surface area contributed by atoms with Gasteiger partial charge >= 0.3 is 0 Å². The number of anilines is 1. The molecule has 2 aliphatic rings. The number of nitrogens with zero attached hydrogens (tertiary/aromatic N) is 5. The van der Waals surface area contributed by atoms with E-state index in [1.54, 1.807) is 77.5 Å². The maximum absolute atomic E-state index is 13.0. The van der Waals surface area contributed by atoms with Gasteiger partial charge in [0.15, 0.2) is 6.29 Å². The number of fused-ring (bicyclic) bond motifs is 1. The highest BCUT2D eigenvalue weighted by molar-refractivity contribution is 7.99.